The summed E-state index contributed by atoms with van der Waals surface area (Å²) in [6, 6.07) is 12.4. The number of aryl methyl sites for hydroxylation is 1. The molecule has 0 aliphatic heterocycles. The van der Waals surface area contributed by atoms with Gasteiger partial charge in [-0.05, 0) is 35.7 Å². The Hall–Kier alpha value is -1.54. The van der Waals surface area contributed by atoms with Crippen molar-refractivity contribution in [2.45, 2.75) is 19.2 Å². The maximum absolute atomic E-state index is 13.8. The standard InChI is InChI=1S/C15H14ClFO/c1-2-12-5-3-4-6-14(12)18-15-8-7-11(10-16)9-13(15)17/h3-9H,2,10H2,1H3. The minimum Gasteiger partial charge on any atom is -0.454 e. The molecule has 0 atom stereocenters. The molecule has 2 aromatic carbocycles. The summed E-state index contributed by atoms with van der Waals surface area (Å²) in [5.74, 6) is 0.823. The third-order valence-electron chi connectivity index (χ3n) is 2.72. The van der Waals surface area contributed by atoms with Crippen LogP contribution in [-0.4, -0.2) is 0 Å². The van der Waals surface area contributed by atoms with Gasteiger partial charge in [-0.15, -0.1) is 11.6 Å². The van der Waals surface area contributed by atoms with Crippen LogP contribution in [0.4, 0.5) is 4.39 Å². The second kappa shape index (κ2) is 5.87. The Kier molecular flexibility index (Phi) is 4.21. The number of hydrogen-bond acceptors (Lipinski definition) is 1. The van der Waals surface area contributed by atoms with E-state index < -0.39 is 0 Å². The van der Waals surface area contributed by atoms with E-state index in [-0.39, 0.29) is 11.6 Å². The lowest BCUT2D eigenvalue weighted by molar-refractivity contribution is 0.438. The van der Waals surface area contributed by atoms with E-state index in [1.54, 1.807) is 12.1 Å². The Morgan fingerprint density at radius 1 is 1.11 bits per heavy atom. The van der Waals surface area contributed by atoms with Crippen molar-refractivity contribution in [2.75, 3.05) is 0 Å². The summed E-state index contributed by atoms with van der Waals surface area (Å²) in [6.45, 7) is 2.04. The highest BCUT2D eigenvalue weighted by atomic mass is 35.5. The summed E-state index contributed by atoms with van der Waals surface area (Å²) in [7, 11) is 0. The van der Waals surface area contributed by atoms with Gasteiger partial charge in [0.15, 0.2) is 11.6 Å². The van der Waals surface area contributed by atoms with Crippen LogP contribution in [0.25, 0.3) is 0 Å². The number of halogens is 2. The molecule has 18 heavy (non-hydrogen) atoms. The minimum absolute atomic E-state index is 0.227. The maximum atomic E-state index is 13.8. The van der Waals surface area contributed by atoms with Crippen molar-refractivity contribution in [1.29, 1.82) is 0 Å². The van der Waals surface area contributed by atoms with Gasteiger partial charge in [-0.3, -0.25) is 0 Å². The van der Waals surface area contributed by atoms with Crippen molar-refractivity contribution >= 4 is 11.6 Å². The molecule has 0 saturated carbocycles. The van der Waals surface area contributed by atoms with Crippen LogP contribution in [0, 0.1) is 5.82 Å². The zero-order chi connectivity index (χ0) is 13.0. The van der Waals surface area contributed by atoms with Crippen LogP contribution in [0.1, 0.15) is 18.1 Å². The minimum atomic E-state index is -0.390. The van der Waals surface area contributed by atoms with E-state index >= 15 is 0 Å². The molecule has 2 aromatic rings. The molecule has 2 rings (SSSR count). The van der Waals surface area contributed by atoms with Gasteiger partial charge in [0.25, 0.3) is 0 Å². The van der Waals surface area contributed by atoms with Crippen LogP contribution in [0.2, 0.25) is 0 Å². The van der Waals surface area contributed by atoms with Gasteiger partial charge in [-0.1, -0.05) is 31.2 Å². The number of alkyl halides is 1. The lowest BCUT2D eigenvalue weighted by Gasteiger charge is -2.11. The molecule has 0 heterocycles. The molecule has 1 nitrogen and oxygen atoms in total. The van der Waals surface area contributed by atoms with Crippen molar-refractivity contribution in [3.8, 4) is 11.5 Å². The van der Waals surface area contributed by atoms with E-state index in [1.165, 1.54) is 6.07 Å². The van der Waals surface area contributed by atoms with Crippen LogP contribution in [0.3, 0.4) is 0 Å². The molecule has 0 unspecified atom stereocenters. The maximum Gasteiger partial charge on any atom is 0.166 e. The predicted octanol–water partition coefficient (Wildman–Crippen LogP) is 4.92. The van der Waals surface area contributed by atoms with E-state index in [0.29, 0.717) is 11.6 Å². The first kappa shape index (κ1) is 12.9. The van der Waals surface area contributed by atoms with E-state index in [0.717, 1.165) is 17.5 Å². The second-order valence-corrected chi connectivity index (χ2v) is 4.23. The molecule has 0 N–H and O–H groups in total. The molecule has 0 spiro atoms. The quantitative estimate of drug-likeness (QED) is 0.712. The van der Waals surface area contributed by atoms with Gasteiger partial charge in [0.2, 0.25) is 0 Å². The molecule has 0 aromatic heterocycles. The fraction of sp³-hybridized carbons (Fsp3) is 0.200. The van der Waals surface area contributed by atoms with Crippen molar-refractivity contribution in [3.05, 3.63) is 59.4 Å². The van der Waals surface area contributed by atoms with Crippen LogP contribution < -0.4 is 4.74 Å². The van der Waals surface area contributed by atoms with Gasteiger partial charge in [0, 0.05) is 5.88 Å². The highest BCUT2D eigenvalue weighted by Gasteiger charge is 2.08. The van der Waals surface area contributed by atoms with Crippen molar-refractivity contribution < 1.29 is 9.13 Å². The molecule has 0 saturated heterocycles. The molecular weight excluding hydrogens is 251 g/mol. The fourth-order valence-electron chi connectivity index (χ4n) is 1.72. The summed E-state index contributed by atoms with van der Waals surface area (Å²) in [5, 5.41) is 0. The molecule has 0 fully saturated rings. The Labute approximate surface area is 111 Å². The first-order chi connectivity index (χ1) is 8.74. The zero-order valence-corrected chi connectivity index (χ0v) is 10.9. The van der Waals surface area contributed by atoms with Gasteiger partial charge in [-0.25, -0.2) is 4.39 Å². The molecule has 0 radical (unpaired) electrons. The molecule has 0 bridgehead atoms. The Morgan fingerprint density at radius 2 is 1.89 bits per heavy atom. The molecule has 3 heteroatoms. The summed E-state index contributed by atoms with van der Waals surface area (Å²) >= 11 is 5.65. The number of rotatable bonds is 4. The van der Waals surface area contributed by atoms with Gasteiger partial charge < -0.3 is 4.74 Å². The van der Waals surface area contributed by atoms with E-state index in [1.807, 2.05) is 31.2 Å². The number of para-hydroxylation sites is 1. The molecule has 0 amide bonds. The van der Waals surface area contributed by atoms with Crippen molar-refractivity contribution in [3.63, 3.8) is 0 Å². The summed E-state index contributed by atoms with van der Waals surface area (Å²) < 4.78 is 19.4. The summed E-state index contributed by atoms with van der Waals surface area (Å²) in [5.41, 5.74) is 1.80. The van der Waals surface area contributed by atoms with Crippen molar-refractivity contribution in [2.24, 2.45) is 0 Å². The first-order valence-corrected chi connectivity index (χ1v) is 6.38. The topological polar surface area (TPSA) is 9.23 Å². The molecule has 94 valence electrons. The highest BCUT2D eigenvalue weighted by Crippen LogP contribution is 2.28. The third kappa shape index (κ3) is 2.82. The lowest BCUT2D eigenvalue weighted by Crippen LogP contribution is -1.93. The van der Waals surface area contributed by atoms with Crippen LogP contribution in [-0.2, 0) is 12.3 Å². The largest absolute Gasteiger partial charge is 0.454 e. The average molecular weight is 265 g/mol. The number of hydrogen-bond donors (Lipinski definition) is 0. The summed E-state index contributed by atoms with van der Waals surface area (Å²) in [6.07, 6.45) is 0.845. The normalized spacial score (nSPS) is 10.4. The zero-order valence-electron chi connectivity index (χ0n) is 10.1. The fourth-order valence-corrected chi connectivity index (χ4v) is 1.89. The second-order valence-electron chi connectivity index (χ2n) is 3.96. The van der Waals surface area contributed by atoms with Gasteiger partial charge >= 0.3 is 0 Å². The third-order valence-corrected chi connectivity index (χ3v) is 3.03. The Balaban J connectivity index is 2.28. The Morgan fingerprint density at radius 3 is 2.56 bits per heavy atom. The Bertz CT molecular complexity index is 540. The van der Waals surface area contributed by atoms with E-state index in [2.05, 4.69) is 0 Å². The molecule has 0 aliphatic rings. The molecule has 0 aliphatic carbocycles. The first-order valence-electron chi connectivity index (χ1n) is 5.84. The van der Waals surface area contributed by atoms with Gasteiger partial charge in [0.1, 0.15) is 5.75 Å². The smallest absolute Gasteiger partial charge is 0.166 e. The lowest BCUT2D eigenvalue weighted by atomic mass is 10.1. The van der Waals surface area contributed by atoms with Crippen LogP contribution >= 0.6 is 11.6 Å². The summed E-state index contributed by atoms with van der Waals surface area (Å²) in [4.78, 5) is 0. The van der Waals surface area contributed by atoms with Crippen molar-refractivity contribution in [1.82, 2.24) is 0 Å². The molecular formula is C15H14ClFO. The highest BCUT2D eigenvalue weighted by molar-refractivity contribution is 6.17. The van der Waals surface area contributed by atoms with E-state index in [4.69, 9.17) is 16.3 Å². The number of ether oxygens (including phenoxy) is 1. The SMILES string of the molecule is CCc1ccccc1Oc1ccc(CCl)cc1F. The van der Waals surface area contributed by atoms with Crippen LogP contribution in [0.5, 0.6) is 11.5 Å². The average Bonchev–Trinajstić information content (AvgIpc) is 2.41. The predicted molar refractivity (Wildman–Crippen MR) is 71.9 cm³/mol. The monoisotopic (exact) mass is 264 g/mol. The number of benzene rings is 2. The van der Waals surface area contributed by atoms with Crippen LogP contribution in [0.15, 0.2) is 42.5 Å². The van der Waals surface area contributed by atoms with E-state index in [9.17, 15) is 4.39 Å². The van der Waals surface area contributed by atoms with Gasteiger partial charge in [0.05, 0.1) is 0 Å². The van der Waals surface area contributed by atoms with Gasteiger partial charge in [-0.2, -0.15) is 0 Å².